The molecule has 2 amide bonds. The zero-order valence-corrected chi connectivity index (χ0v) is 24.4. The first-order valence-electron chi connectivity index (χ1n) is 12.6. The molecule has 0 spiro atoms. The van der Waals surface area contributed by atoms with Crippen molar-refractivity contribution in [3.05, 3.63) is 47.9 Å². The van der Waals surface area contributed by atoms with Crippen molar-refractivity contribution in [3.8, 4) is 10.7 Å². The molecule has 0 saturated carbocycles. The summed E-state index contributed by atoms with van der Waals surface area (Å²) in [7, 11) is 0. The zero-order chi connectivity index (χ0) is 28.7. The van der Waals surface area contributed by atoms with Crippen LogP contribution in [-0.4, -0.2) is 57.9 Å². The number of thiazole rings is 1. The van der Waals surface area contributed by atoms with Gasteiger partial charge in [0.2, 0.25) is 17.6 Å². The lowest BCUT2D eigenvalue weighted by Gasteiger charge is -2.23. The number of aryl methyl sites for hydroxylation is 1. The second-order valence-electron chi connectivity index (χ2n) is 9.71. The van der Waals surface area contributed by atoms with E-state index in [-0.39, 0.29) is 24.6 Å². The molecule has 4 rings (SSSR count). The van der Waals surface area contributed by atoms with Gasteiger partial charge in [-0.15, -0.1) is 11.3 Å². The number of nitrogens with one attached hydrogen (secondary N) is 4. The summed E-state index contributed by atoms with van der Waals surface area (Å²) in [5.74, 6) is 1.52. The van der Waals surface area contributed by atoms with E-state index in [4.69, 9.17) is 9.26 Å². The van der Waals surface area contributed by atoms with E-state index in [1.54, 1.807) is 20.8 Å². The van der Waals surface area contributed by atoms with Crippen LogP contribution in [0, 0.1) is 0 Å². The summed E-state index contributed by atoms with van der Waals surface area (Å²) in [5, 5.41) is 9.58. The Morgan fingerprint density at radius 3 is 2.73 bits per heavy atom. The van der Waals surface area contributed by atoms with Gasteiger partial charge in [0.15, 0.2) is 10.2 Å². The Morgan fingerprint density at radius 2 is 1.98 bits per heavy atom. The predicted molar refractivity (Wildman–Crippen MR) is 156 cm³/mol. The lowest BCUT2D eigenvalue weighted by Crippen LogP contribution is -2.41. The normalized spacial score (nSPS) is 13.8. The van der Waals surface area contributed by atoms with Gasteiger partial charge in [-0.2, -0.15) is 4.98 Å². The highest BCUT2D eigenvalue weighted by Gasteiger charge is 2.23. The molecule has 0 atom stereocenters. The number of hydrogen-bond donors (Lipinski definition) is 4. The molecule has 1 aliphatic heterocycles. The van der Waals surface area contributed by atoms with Crippen LogP contribution in [-0.2, 0) is 16.0 Å². The summed E-state index contributed by atoms with van der Waals surface area (Å²) >= 11 is 2.76. The molecule has 3 heterocycles. The Balaban J connectivity index is 1.24. The Kier molecular flexibility index (Phi) is 9.42. The van der Waals surface area contributed by atoms with Gasteiger partial charge in [-0.25, -0.2) is 9.78 Å². The fourth-order valence-electron chi connectivity index (χ4n) is 3.63. The van der Waals surface area contributed by atoms with Crippen LogP contribution in [0.5, 0.6) is 0 Å². The van der Waals surface area contributed by atoms with Crippen LogP contribution in [0.2, 0.25) is 0 Å². The van der Waals surface area contributed by atoms with Crippen molar-refractivity contribution >= 4 is 52.4 Å². The smallest absolute Gasteiger partial charge is 0.413 e. The number of hydrazine groups is 1. The summed E-state index contributed by atoms with van der Waals surface area (Å²) in [4.78, 5) is 38.6. The fraction of sp³-hybridized carbons (Fsp3) is 0.385. The van der Waals surface area contributed by atoms with Gasteiger partial charge in [0, 0.05) is 37.1 Å². The molecule has 0 aliphatic carbocycles. The van der Waals surface area contributed by atoms with Crippen molar-refractivity contribution in [1.82, 2.24) is 31.3 Å². The number of benzene rings is 1. The molecule has 0 radical (unpaired) electrons. The van der Waals surface area contributed by atoms with E-state index in [1.807, 2.05) is 30.5 Å². The monoisotopic (exact) mass is 584 g/mol. The molecular weight excluding hydrogens is 552 g/mol. The van der Waals surface area contributed by atoms with Gasteiger partial charge < -0.3 is 14.6 Å². The zero-order valence-electron chi connectivity index (χ0n) is 22.8. The lowest BCUT2D eigenvalue weighted by atomic mass is 10.0. The summed E-state index contributed by atoms with van der Waals surface area (Å²) in [6, 6.07) is 7.90. The molecule has 12 nitrogen and oxygen atoms in total. The van der Waals surface area contributed by atoms with Gasteiger partial charge in [-0.1, -0.05) is 47.8 Å². The van der Waals surface area contributed by atoms with Gasteiger partial charge >= 0.3 is 6.09 Å². The van der Waals surface area contributed by atoms with E-state index in [1.165, 1.54) is 23.1 Å². The first-order valence-corrected chi connectivity index (χ1v) is 14.7. The van der Waals surface area contributed by atoms with Gasteiger partial charge in [-0.05, 0) is 33.4 Å². The predicted octanol–water partition coefficient (Wildman–Crippen LogP) is 4.23. The number of nitrogens with zero attached hydrogens (tertiary/aromatic N) is 4. The van der Waals surface area contributed by atoms with Crippen molar-refractivity contribution in [1.29, 1.82) is 0 Å². The largest absolute Gasteiger partial charge is 0.444 e. The van der Waals surface area contributed by atoms with Crippen LogP contribution in [0.3, 0.4) is 0 Å². The molecule has 0 bridgehead atoms. The summed E-state index contributed by atoms with van der Waals surface area (Å²) in [6.45, 7) is 10.4. The molecule has 3 aromatic rings. The number of carbonyl (C=O) groups excluding carboxylic acids is 2. The highest BCUT2D eigenvalue weighted by atomic mass is 32.2. The Bertz CT molecular complexity index is 1410. The molecule has 2 aromatic heterocycles. The Labute approximate surface area is 240 Å². The molecule has 1 aromatic carbocycles. The van der Waals surface area contributed by atoms with Crippen molar-refractivity contribution in [2.45, 2.75) is 50.0 Å². The van der Waals surface area contributed by atoms with E-state index in [9.17, 15) is 9.59 Å². The van der Waals surface area contributed by atoms with Crippen molar-refractivity contribution in [2.24, 2.45) is 4.99 Å². The Morgan fingerprint density at radius 1 is 1.20 bits per heavy atom. The highest BCUT2D eigenvalue weighted by molar-refractivity contribution is 8.00. The standard InChI is InChI=1S/C26H32N8O4S2/c1-15-16-9-6-7-10-17(16)21(33-32-15)28-14-8-13-27-18(35)11-12-19-29-23(34-38-19)20-22(31-25(39-5)40-20)30-24(36)37-26(2,3)4/h6-7,9-10,32H,1,8,11-14H2,2-5H3,(H,27,35)(H,28,33)(H,30,36). The minimum Gasteiger partial charge on any atom is -0.444 e. The molecule has 0 saturated heterocycles. The van der Waals surface area contributed by atoms with Crippen LogP contribution in [0.4, 0.5) is 10.6 Å². The summed E-state index contributed by atoms with van der Waals surface area (Å²) in [5.41, 5.74) is 8.23. The minimum atomic E-state index is -0.650. The maximum Gasteiger partial charge on any atom is 0.413 e. The van der Waals surface area contributed by atoms with Crippen LogP contribution < -0.4 is 21.5 Å². The van der Waals surface area contributed by atoms with Gasteiger partial charge in [0.05, 0.1) is 5.70 Å². The van der Waals surface area contributed by atoms with E-state index in [2.05, 4.69) is 48.2 Å². The van der Waals surface area contributed by atoms with Crippen LogP contribution in [0.25, 0.3) is 16.4 Å². The van der Waals surface area contributed by atoms with Crippen LogP contribution >= 0.6 is 23.1 Å². The number of aliphatic imine (C=N–C) groups is 1. The maximum atomic E-state index is 12.3. The SMILES string of the molecule is C=C1NNC(=NCCCNC(=O)CCc2nc(-c3sc(SC)nc3NC(=O)OC(C)(C)C)no2)c2ccccc21. The van der Waals surface area contributed by atoms with E-state index < -0.39 is 11.7 Å². The molecule has 4 N–H and O–H groups in total. The first-order chi connectivity index (χ1) is 19.1. The number of thioether (sulfide) groups is 1. The number of carbonyl (C=O) groups is 2. The third-order valence-corrected chi connectivity index (χ3v) is 7.44. The molecule has 1 aliphatic rings. The molecule has 0 unspecified atom stereocenters. The number of hydrogen-bond acceptors (Lipinski definition) is 11. The maximum absolute atomic E-state index is 12.3. The van der Waals surface area contributed by atoms with Crippen molar-refractivity contribution < 1.29 is 18.8 Å². The van der Waals surface area contributed by atoms with Gasteiger partial charge in [0.25, 0.3) is 0 Å². The van der Waals surface area contributed by atoms with Gasteiger partial charge in [0.1, 0.15) is 16.3 Å². The van der Waals surface area contributed by atoms with Gasteiger partial charge in [-0.3, -0.25) is 26.0 Å². The molecular formula is C26H32N8O4S2. The number of amidine groups is 1. The quantitative estimate of drug-likeness (QED) is 0.201. The summed E-state index contributed by atoms with van der Waals surface area (Å²) in [6.07, 6.45) is 2.41. The van der Waals surface area contributed by atoms with E-state index in [0.29, 0.717) is 36.1 Å². The molecule has 212 valence electrons. The summed E-state index contributed by atoms with van der Waals surface area (Å²) < 4.78 is 11.4. The first kappa shape index (κ1) is 29.1. The molecule has 14 heteroatoms. The Hall–Kier alpha value is -3.91. The van der Waals surface area contributed by atoms with E-state index >= 15 is 0 Å². The number of anilines is 1. The second kappa shape index (κ2) is 13.0. The van der Waals surface area contributed by atoms with E-state index in [0.717, 1.165) is 27.0 Å². The number of fused-ring (bicyclic) bond motifs is 1. The van der Waals surface area contributed by atoms with Crippen molar-refractivity contribution in [3.63, 3.8) is 0 Å². The van der Waals surface area contributed by atoms with Crippen molar-refractivity contribution in [2.75, 3.05) is 24.7 Å². The topological polar surface area (TPSA) is 156 Å². The minimum absolute atomic E-state index is 0.124. The number of aromatic nitrogens is 3. The number of amides is 2. The van der Waals surface area contributed by atoms with Crippen LogP contribution in [0.1, 0.15) is 50.6 Å². The second-order valence-corrected chi connectivity index (χ2v) is 11.8. The third kappa shape index (κ3) is 7.82. The molecule has 0 fully saturated rings. The van der Waals surface area contributed by atoms with Crippen LogP contribution in [0.15, 0.2) is 44.7 Å². The molecule has 40 heavy (non-hydrogen) atoms. The lowest BCUT2D eigenvalue weighted by molar-refractivity contribution is -0.121. The average Bonchev–Trinajstić information content (AvgIpc) is 3.54. The fourth-order valence-corrected chi connectivity index (χ4v) is 5.07. The average molecular weight is 585 g/mol. The number of rotatable bonds is 10. The third-order valence-electron chi connectivity index (χ3n) is 5.40. The highest BCUT2D eigenvalue weighted by Crippen LogP contribution is 2.36. The number of ether oxygens (including phenoxy) is 1.